The van der Waals surface area contributed by atoms with Gasteiger partial charge in [0.25, 0.3) is 10.0 Å². The molecule has 0 fully saturated rings. The van der Waals surface area contributed by atoms with Crippen molar-refractivity contribution in [3.05, 3.63) is 114 Å². The van der Waals surface area contributed by atoms with Gasteiger partial charge in [0.15, 0.2) is 0 Å². The zero-order valence-corrected chi connectivity index (χ0v) is 19.2. The highest BCUT2D eigenvalue weighted by Gasteiger charge is 2.39. The molecule has 1 N–H and O–H groups in total. The maximum absolute atomic E-state index is 13.7. The average Bonchev–Trinajstić information content (AvgIpc) is 2.84. The number of nitrogens with zero attached hydrogens (tertiary/aromatic N) is 1. The van der Waals surface area contributed by atoms with Gasteiger partial charge in [0, 0.05) is 18.0 Å². The first-order chi connectivity index (χ1) is 15.9. The number of fused-ring (bicyclic) bond motifs is 2. The molecular formula is C28H25NO3S. The van der Waals surface area contributed by atoms with Crippen molar-refractivity contribution in [2.45, 2.75) is 17.9 Å². The summed E-state index contributed by atoms with van der Waals surface area (Å²) in [6.07, 6.45) is -0.857. The number of aliphatic hydroxyl groups excluding tert-OH is 1. The number of hydrogen-bond donors (Lipinski definition) is 1. The highest BCUT2D eigenvalue weighted by molar-refractivity contribution is 7.92. The number of aliphatic hydroxyl groups is 1. The van der Waals surface area contributed by atoms with E-state index in [1.165, 1.54) is 4.31 Å². The van der Waals surface area contributed by atoms with Crippen molar-refractivity contribution < 1.29 is 13.5 Å². The monoisotopic (exact) mass is 455 g/mol. The fourth-order valence-electron chi connectivity index (χ4n) is 4.53. The third kappa shape index (κ3) is 3.73. The van der Waals surface area contributed by atoms with E-state index in [2.05, 4.69) is 6.58 Å². The SMILES string of the molecule is C=C(c1ccc2ccccc2c1)C1CN(S(=O)(=O)c2ccc(C)cc2)c2ccccc2C1O. The Morgan fingerprint density at radius 3 is 2.33 bits per heavy atom. The summed E-state index contributed by atoms with van der Waals surface area (Å²) in [5.41, 5.74) is 3.70. The zero-order valence-electron chi connectivity index (χ0n) is 18.3. The molecule has 5 rings (SSSR count). The molecule has 0 aromatic heterocycles. The van der Waals surface area contributed by atoms with Crippen LogP contribution in [-0.4, -0.2) is 20.1 Å². The molecule has 0 radical (unpaired) electrons. The number of hydrogen-bond acceptors (Lipinski definition) is 3. The van der Waals surface area contributed by atoms with E-state index in [0.29, 0.717) is 16.8 Å². The van der Waals surface area contributed by atoms with E-state index in [-0.39, 0.29) is 11.4 Å². The number of aryl methyl sites for hydroxylation is 1. The highest BCUT2D eigenvalue weighted by Crippen LogP contribution is 2.44. The van der Waals surface area contributed by atoms with Gasteiger partial charge in [0.2, 0.25) is 0 Å². The molecule has 2 atom stereocenters. The van der Waals surface area contributed by atoms with Crippen LogP contribution in [0.2, 0.25) is 0 Å². The predicted molar refractivity (Wildman–Crippen MR) is 134 cm³/mol. The lowest BCUT2D eigenvalue weighted by atomic mass is 9.82. The van der Waals surface area contributed by atoms with Gasteiger partial charge in [-0.2, -0.15) is 0 Å². The topological polar surface area (TPSA) is 57.6 Å². The zero-order chi connectivity index (χ0) is 23.2. The van der Waals surface area contributed by atoms with Crippen LogP contribution in [-0.2, 0) is 10.0 Å². The maximum Gasteiger partial charge on any atom is 0.264 e. The van der Waals surface area contributed by atoms with E-state index in [0.717, 1.165) is 21.9 Å². The van der Waals surface area contributed by atoms with Gasteiger partial charge in [-0.15, -0.1) is 0 Å². The normalized spacial score (nSPS) is 18.2. The predicted octanol–water partition coefficient (Wildman–Crippen LogP) is 5.72. The van der Waals surface area contributed by atoms with Crippen LogP contribution in [0.5, 0.6) is 0 Å². The Hall–Kier alpha value is -3.41. The molecule has 0 aliphatic carbocycles. The molecule has 0 spiro atoms. The standard InChI is InChI=1S/C28H25NO3S/c1-19-11-15-24(16-12-19)33(31,32)29-18-26(28(30)25-9-5-6-10-27(25)29)20(2)22-14-13-21-7-3-4-8-23(21)17-22/h3-17,26,28,30H,2,18H2,1H3. The molecule has 0 saturated heterocycles. The van der Waals surface area contributed by atoms with Crippen molar-refractivity contribution in [3.63, 3.8) is 0 Å². The van der Waals surface area contributed by atoms with Crippen LogP contribution in [0.15, 0.2) is 102 Å². The summed E-state index contributed by atoms with van der Waals surface area (Å²) < 4.78 is 28.7. The van der Waals surface area contributed by atoms with Crippen molar-refractivity contribution in [2.24, 2.45) is 5.92 Å². The highest BCUT2D eigenvalue weighted by atomic mass is 32.2. The second-order valence-corrected chi connectivity index (χ2v) is 10.4. The van der Waals surface area contributed by atoms with Crippen LogP contribution in [0.1, 0.15) is 22.8 Å². The first-order valence-electron chi connectivity index (χ1n) is 10.9. The molecule has 1 aliphatic rings. The lowest BCUT2D eigenvalue weighted by molar-refractivity contribution is 0.135. The van der Waals surface area contributed by atoms with Crippen molar-refractivity contribution in [2.75, 3.05) is 10.8 Å². The lowest BCUT2D eigenvalue weighted by Gasteiger charge is -2.39. The van der Waals surface area contributed by atoms with Crippen LogP contribution < -0.4 is 4.31 Å². The Balaban J connectivity index is 1.58. The average molecular weight is 456 g/mol. The molecule has 4 aromatic carbocycles. The van der Waals surface area contributed by atoms with Crippen LogP contribution in [0.4, 0.5) is 5.69 Å². The second kappa shape index (κ2) is 8.18. The van der Waals surface area contributed by atoms with Gasteiger partial charge in [0.05, 0.1) is 16.7 Å². The van der Waals surface area contributed by atoms with E-state index < -0.39 is 22.0 Å². The van der Waals surface area contributed by atoms with Crippen LogP contribution in [0.3, 0.4) is 0 Å². The first-order valence-corrected chi connectivity index (χ1v) is 12.3. The Morgan fingerprint density at radius 2 is 1.58 bits per heavy atom. The van der Waals surface area contributed by atoms with Gasteiger partial charge in [-0.1, -0.05) is 78.9 Å². The lowest BCUT2D eigenvalue weighted by Crippen LogP contribution is -2.42. The third-order valence-electron chi connectivity index (χ3n) is 6.44. The van der Waals surface area contributed by atoms with Crippen LogP contribution in [0.25, 0.3) is 16.3 Å². The molecule has 0 saturated carbocycles. The Bertz CT molecular complexity index is 1460. The minimum absolute atomic E-state index is 0.111. The second-order valence-electron chi connectivity index (χ2n) is 8.55. The molecule has 0 bridgehead atoms. The molecule has 4 nitrogen and oxygen atoms in total. The molecule has 0 amide bonds. The summed E-state index contributed by atoms with van der Waals surface area (Å²) in [5.74, 6) is -0.485. The molecular weight excluding hydrogens is 430 g/mol. The molecule has 166 valence electrons. The van der Waals surface area contributed by atoms with Crippen LogP contribution in [0, 0.1) is 12.8 Å². The quantitative estimate of drug-likeness (QED) is 0.428. The fraction of sp³-hybridized carbons (Fsp3) is 0.143. The van der Waals surface area contributed by atoms with Gasteiger partial charge < -0.3 is 5.11 Å². The maximum atomic E-state index is 13.7. The molecule has 2 unspecified atom stereocenters. The van der Waals surface area contributed by atoms with E-state index in [9.17, 15) is 13.5 Å². The van der Waals surface area contributed by atoms with Gasteiger partial charge >= 0.3 is 0 Å². The van der Waals surface area contributed by atoms with Gasteiger partial charge in [-0.25, -0.2) is 8.42 Å². The Labute approximate surface area is 194 Å². The summed E-state index contributed by atoms with van der Waals surface area (Å²) in [4.78, 5) is 0.231. The van der Waals surface area contributed by atoms with Gasteiger partial charge in [0.1, 0.15) is 0 Å². The number of rotatable bonds is 4. The molecule has 1 heterocycles. The van der Waals surface area contributed by atoms with Crippen molar-refractivity contribution in [3.8, 4) is 0 Å². The summed E-state index contributed by atoms with van der Waals surface area (Å²) >= 11 is 0. The summed E-state index contributed by atoms with van der Waals surface area (Å²) in [7, 11) is -3.82. The summed E-state index contributed by atoms with van der Waals surface area (Å²) in [6.45, 7) is 6.33. The first kappa shape index (κ1) is 21.4. The van der Waals surface area contributed by atoms with E-state index in [1.807, 2.05) is 55.5 Å². The van der Waals surface area contributed by atoms with Crippen molar-refractivity contribution in [1.82, 2.24) is 0 Å². The minimum atomic E-state index is -3.82. The van der Waals surface area contributed by atoms with E-state index in [4.69, 9.17) is 0 Å². The van der Waals surface area contributed by atoms with E-state index >= 15 is 0 Å². The fourth-order valence-corrected chi connectivity index (χ4v) is 6.04. The molecule has 4 aromatic rings. The van der Waals surface area contributed by atoms with Crippen LogP contribution >= 0.6 is 0 Å². The van der Waals surface area contributed by atoms with E-state index in [1.54, 1.807) is 42.5 Å². The number of anilines is 1. The largest absolute Gasteiger partial charge is 0.388 e. The minimum Gasteiger partial charge on any atom is -0.388 e. The molecule has 5 heteroatoms. The number of sulfonamides is 1. The number of para-hydroxylation sites is 1. The summed E-state index contributed by atoms with van der Waals surface area (Å²) in [6, 6.07) is 28.1. The van der Waals surface area contributed by atoms with Crippen molar-refractivity contribution in [1.29, 1.82) is 0 Å². The Morgan fingerprint density at radius 1 is 0.909 bits per heavy atom. The molecule has 33 heavy (non-hydrogen) atoms. The molecule has 1 aliphatic heterocycles. The smallest absolute Gasteiger partial charge is 0.264 e. The third-order valence-corrected chi connectivity index (χ3v) is 8.24. The van der Waals surface area contributed by atoms with Gasteiger partial charge in [-0.3, -0.25) is 4.31 Å². The van der Waals surface area contributed by atoms with Crippen molar-refractivity contribution >= 4 is 32.1 Å². The number of benzene rings is 4. The van der Waals surface area contributed by atoms with Gasteiger partial charge in [-0.05, 0) is 53.1 Å². The summed E-state index contributed by atoms with van der Waals surface area (Å²) in [5, 5.41) is 13.5. The Kier molecular flexibility index (Phi) is 5.31.